The highest BCUT2D eigenvalue weighted by atomic mass is 32.1. The van der Waals surface area contributed by atoms with Gasteiger partial charge in [0.1, 0.15) is 0 Å². The Morgan fingerprint density at radius 2 is 2.07 bits per heavy atom. The third-order valence-electron chi connectivity index (χ3n) is 5.55. The second kappa shape index (κ2) is 6.60. The lowest BCUT2D eigenvalue weighted by molar-refractivity contribution is -0.117. The van der Waals surface area contributed by atoms with Gasteiger partial charge in [0.25, 0.3) is 5.89 Å². The molecule has 0 saturated carbocycles. The van der Waals surface area contributed by atoms with E-state index in [4.69, 9.17) is 4.52 Å². The fourth-order valence-corrected chi connectivity index (χ4v) is 5.25. The largest absolute Gasteiger partial charge is 0.333 e. The minimum Gasteiger partial charge on any atom is -0.333 e. The Morgan fingerprint density at radius 3 is 2.93 bits per heavy atom. The van der Waals surface area contributed by atoms with Crippen LogP contribution in [-0.4, -0.2) is 22.6 Å². The van der Waals surface area contributed by atoms with E-state index in [-0.39, 0.29) is 11.8 Å². The molecular formula is C21H21N3O2S. The Labute approximate surface area is 162 Å². The quantitative estimate of drug-likeness (QED) is 0.672. The highest BCUT2D eigenvalue weighted by molar-refractivity contribution is 7.15. The van der Waals surface area contributed by atoms with E-state index in [1.807, 2.05) is 36.1 Å². The number of amides is 1. The molecule has 1 atom stereocenters. The average molecular weight is 379 g/mol. The number of carbonyl (C=O) groups is 1. The standard InChI is InChI=1S/C21H21N3O2S/c1-13-6-2-4-8-16(13)24-12-15(11-19(24)25)20-22-21(26-23-20)18-10-14-7-3-5-9-17(14)27-18/h2,4,6,8,10,15H,3,5,7,9,11-12H2,1H3. The van der Waals surface area contributed by atoms with Crippen molar-refractivity contribution in [1.29, 1.82) is 0 Å². The first-order valence-corrected chi connectivity index (χ1v) is 10.3. The number of carbonyl (C=O) groups excluding carboxylic acids is 1. The van der Waals surface area contributed by atoms with Crippen LogP contribution in [0.5, 0.6) is 0 Å². The summed E-state index contributed by atoms with van der Waals surface area (Å²) in [5.41, 5.74) is 3.51. The zero-order chi connectivity index (χ0) is 18.4. The van der Waals surface area contributed by atoms with Gasteiger partial charge in [-0.05, 0) is 55.9 Å². The van der Waals surface area contributed by atoms with Gasteiger partial charge in [0, 0.05) is 29.4 Å². The third kappa shape index (κ3) is 2.98. The Bertz CT molecular complexity index is 983. The predicted molar refractivity (Wildman–Crippen MR) is 105 cm³/mol. The summed E-state index contributed by atoms with van der Waals surface area (Å²) in [5, 5.41) is 4.21. The molecule has 0 N–H and O–H groups in total. The molecule has 1 aromatic carbocycles. The molecule has 1 amide bonds. The second-order valence-electron chi connectivity index (χ2n) is 7.42. The van der Waals surface area contributed by atoms with E-state index in [2.05, 4.69) is 16.2 Å². The van der Waals surface area contributed by atoms with Gasteiger partial charge in [0.2, 0.25) is 5.91 Å². The van der Waals surface area contributed by atoms with Crippen LogP contribution in [0, 0.1) is 6.92 Å². The molecule has 3 aromatic rings. The van der Waals surface area contributed by atoms with E-state index in [0.29, 0.717) is 24.7 Å². The number of anilines is 1. The Kier molecular flexibility index (Phi) is 4.08. The van der Waals surface area contributed by atoms with Crippen LogP contribution in [0.1, 0.15) is 47.0 Å². The molecule has 5 nitrogen and oxygen atoms in total. The van der Waals surface area contributed by atoms with Crippen molar-refractivity contribution in [2.45, 2.75) is 44.9 Å². The first-order valence-electron chi connectivity index (χ1n) is 9.50. The monoisotopic (exact) mass is 379 g/mol. The summed E-state index contributed by atoms with van der Waals surface area (Å²) in [6.45, 7) is 2.63. The number of aryl methyl sites for hydroxylation is 3. The van der Waals surface area contributed by atoms with Crippen LogP contribution in [0.15, 0.2) is 34.9 Å². The molecule has 0 radical (unpaired) electrons. The van der Waals surface area contributed by atoms with E-state index < -0.39 is 0 Å². The van der Waals surface area contributed by atoms with Crippen molar-refractivity contribution in [2.24, 2.45) is 0 Å². The predicted octanol–water partition coefficient (Wildman–Crippen LogP) is 4.51. The van der Waals surface area contributed by atoms with Gasteiger partial charge in [-0.25, -0.2) is 0 Å². The topological polar surface area (TPSA) is 59.2 Å². The molecule has 1 aliphatic carbocycles. The first kappa shape index (κ1) is 16.7. The lowest BCUT2D eigenvalue weighted by atomic mass is 9.99. The van der Waals surface area contributed by atoms with Crippen LogP contribution in [0.2, 0.25) is 0 Å². The third-order valence-corrected chi connectivity index (χ3v) is 6.77. The summed E-state index contributed by atoms with van der Waals surface area (Å²) in [4.78, 5) is 21.6. The number of fused-ring (bicyclic) bond motifs is 1. The number of rotatable bonds is 3. The lowest BCUT2D eigenvalue weighted by Gasteiger charge is -2.18. The molecule has 5 rings (SSSR count). The lowest BCUT2D eigenvalue weighted by Crippen LogP contribution is -2.25. The number of benzene rings is 1. The van der Waals surface area contributed by atoms with Gasteiger partial charge in [0.05, 0.1) is 4.88 Å². The molecule has 1 saturated heterocycles. The zero-order valence-corrected chi connectivity index (χ0v) is 16.1. The van der Waals surface area contributed by atoms with Crippen LogP contribution in [0.3, 0.4) is 0 Å². The van der Waals surface area contributed by atoms with E-state index in [1.165, 1.54) is 23.3 Å². The Morgan fingerprint density at radius 1 is 1.22 bits per heavy atom. The maximum atomic E-state index is 12.6. The normalized spacial score (nSPS) is 19.5. The highest BCUT2D eigenvalue weighted by Crippen LogP contribution is 2.37. The zero-order valence-electron chi connectivity index (χ0n) is 15.3. The van der Waals surface area contributed by atoms with Crippen molar-refractivity contribution < 1.29 is 9.32 Å². The van der Waals surface area contributed by atoms with Gasteiger partial charge in [0.15, 0.2) is 5.82 Å². The maximum Gasteiger partial charge on any atom is 0.268 e. The minimum atomic E-state index is -0.0239. The summed E-state index contributed by atoms with van der Waals surface area (Å²) in [5.74, 6) is 1.32. The molecule has 0 spiro atoms. The second-order valence-corrected chi connectivity index (χ2v) is 8.55. The summed E-state index contributed by atoms with van der Waals surface area (Å²) in [7, 11) is 0. The number of hydrogen-bond donors (Lipinski definition) is 0. The molecule has 1 fully saturated rings. The van der Waals surface area contributed by atoms with Gasteiger partial charge in [-0.1, -0.05) is 23.4 Å². The van der Waals surface area contributed by atoms with Crippen molar-refractivity contribution in [3.05, 3.63) is 52.2 Å². The molecular weight excluding hydrogens is 358 g/mol. The van der Waals surface area contributed by atoms with Crippen molar-refractivity contribution in [2.75, 3.05) is 11.4 Å². The van der Waals surface area contributed by atoms with Crippen LogP contribution >= 0.6 is 11.3 Å². The summed E-state index contributed by atoms with van der Waals surface area (Å²) >= 11 is 1.77. The summed E-state index contributed by atoms with van der Waals surface area (Å²) < 4.78 is 5.56. The van der Waals surface area contributed by atoms with Crippen molar-refractivity contribution in [3.8, 4) is 10.8 Å². The highest BCUT2D eigenvalue weighted by Gasteiger charge is 2.35. The number of nitrogens with zero attached hydrogens (tertiary/aromatic N) is 3. The van der Waals surface area contributed by atoms with E-state index in [9.17, 15) is 4.79 Å². The molecule has 1 aliphatic heterocycles. The van der Waals surface area contributed by atoms with Crippen molar-refractivity contribution in [1.82, 2.24) is 10.1 Å². The number of hydrogen-bond acceptors (Lipinski definition) is 5. The molecule has 138 valence electrons. The van der Waals surface area contributed by atoms with E-state index in [1.54, 1.807) is 11.3 Å². The first-order chi connectivity index (χ1) is 13.2. The Balaban J connectivity index is 1.38. The van der Waals surface area contributed by atoms with Crippen LogP contribution in [-0.2, 0) is 17.6 Å². The molecule has 3 heterocycles. The molecule has 0 bridgehead atoms. The number of thiophene rings is 1. The molecule has 2 aliphatic rings. The van der Waals surface area contributed by atoms with Crippen LogP contribution in [0.4, 0.5) is 5.69 Å². The van der Waals surface area contributed by atoms with Crippen LogP contribution < -0.4 is 4.90 Å². The fraction of sp³-hybridized carbons (Fsp3) is 0.381. The molecule has 27 heavy (non-hydrogen) atoms. The SMILES string of the molecule is Cc1ccccc1N1CC(c2noc(-c3cc4c(s3)CCCC4)n2)CC1=O. The minimum absolute atomic E-state index is 0.0239. The van der Waals surface area contributed by atoms with Gasteiger partial charge in [-0.3, -0.25) is 4.79 Å². The van der Waals surface area contributed by atoms with Gasteiger partial charge >= 0.3 is 0 Å². The van der Waals surface area contributed by atoms with E-state index in [0.717, 1.165) is 29.0 Å². The Hall–Kier alpha value is -2.47. The smallest absolute Gasteiger partial charge is 0.268 e. The summed E-state index contributed by atoms with van der Waals surface area (Å²) in [6, 6.07) is 10.2. The van der Waals surface area contributed by atoms with Crippen molar-refractivity contribution >= 4 is 22.9 Å². The number of aromatic nitrogens is 2. The molecule has 1 unspecified atom stereocenters. The van der Waals surface area contributed by atoms with Gasteiger partial charge in [-0.15, -0.1) is 11.3 Å². The fourth-order valence-electron chi connectivity index (χ4n) is 4.08. The van der Waals surface area contributed by atoms with E-state index >= 15 is 0 Å². The average Bonchev–Trinajstić information content (AvgIpc) is 3.39. The molecule has 2 aromatic heterocycles. The number of para-hydroxylation sites is 1. The summed E-state index contributed by atoms with van der Waals surface area (Å²) in [6.07, 6.45) is 5.26. The van der Waals surface area contributed by atoms with Gasteiger partial charge < -0.3 is 9.42 Å². The molecule has 6 heteroatoms. The maximum absolute atomic E-state index is 12.6. The van der Waals surface area contributed by atoms with Crippen LogP contribution in [0.25, 0.3) is 10.8 Å². The van der Waals surface area contributed by atoms with Gasteiger partial charge in [-0.2, -0.15) is 4.98 Å². The van der Waals surface area contributed by atoms with Crippen molar-refractivity contribution in [3.63, 3.8) is 0 Å².